The van der Waals surface area contributed by atoms with Crippen molar-refractivity contribution in [2.45, 2.75) is 58.9 Å². The Bertz CT molecular complexity index is 689. The Labute approximate surface area is 135 Å². The van der Waals surface area contributed by atoms with Gasteiger partial charge in [0.2, 0.25) is 0 Å². The van der Waals surface area contributed by atoms with Crippen molar-refractivity contribution in [3.8, 4) is 0 Å². The topological polar surface area (TPSA) is 72.4 Å². The number of hydrogen-bond acceptors (Lipinski definition) is 5. The molecule has 0 aliphatic carbocycles. The molecule has 1 saturated heterocycles. The van der Waals surface area contributed by atoms with Crippen molar-refractivity contribution in [1.29, 1.82) is 0 Å². The minimum absolute atomic E-state index is 0.0232. The van der Waals surface area contributed by atoms with E-state index in [0.29, 0.717) is 5.69 Å². The van der Waals surface area contributed by atoms with Crippen LogP contribution < -0.4 is 0 Å². The lowest BCUT2D eigenvalue weighted by atomic mass is 10.0. The van der Waals surface area contributed by atoms with Gasteiger partial charge in [-0.25, -0.2) is 0 Å². The van der Waals surface area contributed by atoms with E-state index in [4.69, 9.17) is 9.05 Å². The molecule has 124 valence electrons. The summed E-state index contributed by atoms with van der Waals surface area (Å²) in [5.41, 5.74) is 2.33. The highest BCUT2D eigenvalue weighted by Crippen LogP contribution is 2.36. The van der Waals surface area contributed by atoms with E-state index in [9.17, 15) is 4.79 Å². The van der Waals surface area contributed by atoms with Crippen LogP contribution in [-0.4, -0.2) is 27.7 Å². The molecule has 1 atom stereocenters. The zero-order valence-corrected chi connectivity index (χ0v) is 14.0. The molecule has 0 spiro atoms. The molecule has 23 heavy (non-hydrogen) atoms. The quantitative estimate of drug-likeness (QED) is 0.844. The Morgan fingerprint density at radius 2 is 2.17 bits per heavy atom. The fraction of sp³-hybridized carbons (Fsp3) is 0.588. The zero-order chi connectivity index (χ0) is 16.4. The molecule has 0 saturated carbocycles. The molecule has 1 amide bonds. The average molecular weight is 317 g/mol. The van der Waals surface area contributed by atoms with Crippen LogP contribution in [0.3, 0.4) is 0 Å². The largest absolute Gasteiger partial charge is 0.361 e. The highest BCUT2D eigenvalue weighted by atomic mass is 16.5. The second kappa shape index (κ2) is 6.56. The number of hydrogen-bond donors (Lipinski definition) is 0. The Kier molecular flexibility index (Phi) is 4.50. The van der Waals surface area contributed by atoms with Crippen LogP contribution in [0.15, 0.2) is 15.1 Å². The molecule has 1 fully saturated rings. The molecule has 0 radical (unpaired) electrons. The van der Waals surface area contributed by atoms with E-state index in [1.807, 2.05) is 18.7 Å². The molecule has 1 aliphatic rings. The molecule has 6 nitrogen and oxygen atoms in total. The summed E-state index contributed by atoms with van der Waals surface area (Å²) in [6, 6.07) is 1.79. The fourth-order valence-electron chi connectivity index (χ4n) is 3.34. The highest BCUT2D eigenvalue weighted by Gasteiger charge is 2.35. The van der Waals surface area contributed by atoms with Crippen molar-refractivity contribution in [3.63, 3.8) is 0 Å². The molecule has 3 heterocycles. The Morgan fingerprint density at radius 1 is 1.35 bits per heavy atom. The maximum Gasteiger partial charge on any atom is 0.276 e. The Morgan fingerprint density at radius 3 is 2.91 bits per heavy atom. The second-order valence-electron chi connectivity index (χ2n) is 6.04. The summed E-state index contributed by atoms with van der Waals surface area (Å²) < 4.78 is 10.7. The van der Waals surface area contributed by atoms with Crippen molar-refractivity contribution in [2.75, 3.05) is 6.54 Å². The van der Waals surface area contributed by atoms with Crippen molar-refractivity contribution in [2.24, 2.45) is 0 Å². The predicted molar refractivity (Wildman–Crippen MR) is 84.1 cm³/mol. The van der Waals surface area contributed by atoms with E-state index in [1.165, 1.54) is 0 Å². The summed E-state index contributed by atoms with van der Waals surface area (Å²) in [5.74, 6) is 1.57. The summed E-state index contributed by atoms with van der Waals surface area (Å²) in [4.78, 5) is 14.7. The van der Waals surface area contributed by atoms with Gasteiger partial charge in [-0.1, -0.05) is 24.2 Å². The number of carbonyl (C=O) groups is 1. The van der Waals surface area contributed by atoms with Crippen molar-refractivity contribution >= 4 is 5.91 Å². The molecular weight excluding hydrogens is 294 g/mol. The smallest absolute Gasteiger partial charge is 0.276 e. The molecule has 0 N–H and O–H groups in total. The number of nitrogens with zero attached hydrogens (tertiary/aromatic N) is 3. The standard InChI is InChI=1S/C17H23N3O3/c1-4-7-12-10-13(19-22-12)17(21)20-9-6-8-14(20)16-11(3)18-23-15(16)5-2/h10,14H,4-9H2,1-3H3. The van der Waals surface area contributed by atoms with E-state index >= 15 is 0 Å². The van der Waals surface area contributed by atoms with E-state index in [2.05, 4.69) is 17.2 Å². The number of likely N-dealkylation sites (tertiary alicyclic amines) is 1. The van der Waals surface area contributed by atoms with Crippen LogP contribution in [0.25, 0.3) is 0 Å². The van der Waals surface area contributed by atoms with Gasteiger partial charge in [0.25, 0.3) is 5.91 Å². The SMILES string of the molecule is CCCc1cc(C(=O)N2CCCC2c2c(C)noc2CC)no1. The first kappa shape index (κ1) is 15.8. The number of carbonyl (C=O) groups excluding carboxylic acids is 1. The number of amides is 1. The van der Waals surface area contributed by atoms with Crippen molar-refractivity contribution in [1.82, 2.24) is 15.2 Å². The molecule has 1 aliphatic heterocycles. The van der Waals surface area contributed by atoms with E-state index < -0.39 is 0 Å². The fourth-order valence-corrected chi connectivity index (χ4v) is 3.34. The molecule has 1 unspecified atom stereocenters. The Hall–Kier alpha value is -2.11. The number of rotatable bonds is 5. The van der Waals surface area contributed by atoms with Crippen molar-refractivity contribution in [3.05, 3.63) is 34.5 Å². The normalized spacial score (nSPS) is 17.9. The summed E-state index contributed by atoms with van der Waals surface area (Å²) in [7, 11) is 0. The van der Waals surface area contributed by atoms with Crippen LogP contribution in [0.2, 0.25) is 0 Å². The molecular formula is C17H23N3O3. The van der Waals surface area contributed by atoms with Gasteiger partial charge in [0.15, 0.2) is 5.69 Å². The zero-order valence-electron chi connectivity index (χ0n) is 14.0. The summed E-state index contributed by atoms with van der Waals surface area (Å²) in [6.45, 7) is 6.78. The second-order valence-corrected chi connectivity index (χ2v) is 6.04. The third-order valence-electron chi connectivity index (χ3n) is 4.43. The van der Waals surface area contributed by atoms with Crippen LogP contribution in [0, 0.1) is 6.92 Å². The van der Waals surface area contributed by atoms with Gasteiger partial charge in [-0.2, -0.15) is 0 Å². The van der Waals surface area contributed by atoms with Crippen LogP contribution in [-0.2, 0) is 12.8 Å². The maximum absolute atomic E-state index is 12.8. The van der Waals surface area contributed by atoms with Gasteiger partial charge in [-0.3, -0.25) is 4.79 Å². The molecule has 2 aromatic heterocycles. The summed E-state index contributed by atoms with van der Waals surface area (Å²) >= 11 is 0. The summed E-state index contributed by atoms with van der Waals surface area (Å²) in [5, 5.41) is 8.03. The van der Waals surface area contributed by atoms with Gasteiger partial charge < -0.3 is 13.9 Å². The molecule has 0 bridgehead atoms. The third kappa shape index (κ3) is 2.90. The van der Waals surface area contributed by atoms with Gasteiger partial charge in [0.1, 0.15) is 11.5 Å². The van der Waals surface area contributed by atoms with Crippen molar-refractivity contribution < 1.29 is 13.8 Å². The minimum Gasteiger partial charge on any atom is -0.361 e. The maximum atomic E-state index is 12.8. The van der Waals surface area contributed by atoms with E-state index in [1.54, 1.807) is 6.07 Å². The summed E-state index contributed by atoms with van der Waals surface area (Å²) in [6.07, 6.45) is 4.45. The van der Waals surface area contributed by atoms with Gasteiger partial charge in [-0.15, -0.1) is 0 Å². The number of aromatic nitrogens is 2. The molecule has 2 aromatic rings. The first-order valence-electron chi connectivity index (χ1n) is 8.37. The van der Waals surface area contributed by atoms with Crippen LogP contribution in [0.1, 0.15) is 72.4 Å². The lowest BCUT2D eigenvalue weighted by Gasteiger charge is -2.24. The van der Waals surface area contributed by atoms with Crippen LogP contribution in [0.5, 0.6) is 0 Å². The van der Waals surface area contributed by atoms with Crippen LogP contribution >= 0.6 is 0 Å². The monoisotopic (exact) mass is 317 g/mol. The lowest BCUT2D eigenvalue weighted by Crippen LogP contribution is -2.31. The molecule has 0 aromatic carbocycles. The van der Waals surface area contributed by atoms with E-state index in [0.717, 1.165) is 61.4 Å². The highest BCUT2D eigenvalue weighted by molar-refractivity contribution is 5.92. The molecule has 6 heteroatoms. The van der Waals surface area contributed by atoms with Gasteiger partial charge in [-0.05, 0) is 26.2 Å². The number of aryl methyl sites for hydroxylation is 3. The Balaban J connectivity index is 1.85. The van der Waals surface area contributed by atoms with Gasteiger partial charge in [0.05, 0.1) is 11.7 Å². The first-order chi connectivity index (χ1) is 11.2. The molecule has 3 rings (SSSR count). The van der Waals surface area contributed by atoms with E-state index in [-0.39, 0.29) is 11.9 Å². The third-order valence-corrected chi connectivity index (χ3v) is 4.43. The first-order valence-corrected chi connectivity index (χ1v) is 8.37. The predicted octanol–water partition coefficient (Wildman–Crippen LogP) is 3.46. The van der Waals surface area contributed by atoms with Gasteiger partial charge in [0, 0.05) is 31.0 Å². The lowest BCUT2D eigenvalue weighted by molar-refractivity contribution is 0.0724. The van der Waals surface area contributed by atoms with Crippen LogP contribution in [0.4, 0.5) is 0 Å². The van der Waals surface area contributed by atoms with Gasteiger partial charge >= 0.3 is 0 Å². The minimum atomic E-state index is -0.0683. The average Bonchev–Trinajstić information content (AvgIpc) is 3.25.